The van der Waals surface area contributed by atoms with E-state index >= 15 is 0 Å². The van der Waals surface area contributed by atoms with Gasteiger partial charge in [0.25, 0.3) is 11.6 Å². The lowest BCUT2D eigenvalue weighted by atomic mass is 10.1. The third kappa shape index (κ3) is 2.79. The van der Waals surface area contributed by atoms with Gasteiger partial charge in [-0.05, 0) is 6.07 Å². The molecule has 0 bridgehead atoms. The zero-order valence-electron chi connectivity index (χ0n) is 11.0. The molecule has 1 heterocycles. The van der Waals surface area contributed by atoms with E-state index in [0.717, 1.165) is 0 Å². The number of nitrogens with zero attached hydrogens (tertiary/aromatic N) is 2. The quantitative estimate of drug-likeness (QED) is 0.659. The SMILES string of the molecule is CNc1c(C(=O)N2CCS(=O)CC2)cccc1[N+](=O)[O-]. The van der Waals surface area contributed by atoms with Gasteiger partial charge in [0.15, 0.2) is 0 Å². The van der Waals surface area contributed by atoms with Gasteiger partial charge in [-0.15, -0.1) is 0 Å². The lowest BCUT2D eigenvalue weighted by Crippen LogP contribution is -2.42. The number of nitro benzene ring substituents is 1. The summed E-state index contributed by atoms with van der Waals surface area (Å²) in [7, 11) is 0.676. The Morgan fingerprint density at radius 1 is 1.40 bits per heavy atom. The van der Waals surface area contributed by atoms with Crippen molar-refractivity contribution in [2.45, 2.75) is 0 Å². The fourth-order valence-corrected chi connectivity index (χ4v) is 3.20. The summed E-state index contributed by atoms with van der Waals surface area (Å²) >= 11 is 0. The van der Waals surface area contributed by atoms with E-state index in [0.29, 0.717) is 24.6 Å². The molecule has 1 aromatic carbocycles. The molecule has 0 spiro atoms. The second kappa shape index (κ2) is 6.00. The minimum atomic E-state index is -0.870. The molecule has 8 heteroatoms. The van der Waals surface area contributed by atoms with Gasteiger partial charge in [0.2, 0.25) is 0 Å². The van der Waals surface area contributed by atoms with Gasteiger partial charge < -0.3 is 10.2 Å². The second-order valence-corrected chi connectivity index (χ2v) is 6.04. The molecular formula is C12H15N3O4S. The van der Waals surface area contributed by atoms with Crippen molar-refractivity contribution in [2.75, 3.05) is 37.0 Å². The number of benzene rings is 1. The standard InChI is InChI=1S/C12H15N3O4S/c1-13-11-9(3-2-4-10(11)15(17)18)12(16)14-5-7-20(19)8-6-14/h2-4,13H,5-8H2,1H3. The van der Waals surface area contributed by atoms with Crippen LogP contribution in [0.25, 0.3) is 0 Å². The molecule has 1 aliphatic rings. The minimum Gasteiger partial charge on any atom is -0.382 e. The van der Waals surface area contributed by atoms with E-state index in [1.807, 2.05) is 0 Å². The lowest BCUT2D eigenvalue weighted by molar-refractivity contribution is -0.384. The van der Waals surface area contributed by atoms with Gasteiger partial charge in [0.1, 0.15) is 5.69 Å². The molecule has 0 atom stereocenters. The summed E-state index contributed by atoms with van der Waals surface area (Å²) in [5.74, 6) is 0.639. The van der Waals surface area contributed by atoms with Gasteiger partial charge >= 0.3 is 0 Å². The molecule has 1 fully saturated rings. The highest BCUT2D eigenvalue weighted by molar-refractivity contribution is 7.85. The van der Waals surface area contributed by atoms with Crippen LogP contribution >= 0.6 is 0 Å². The Labute approximate surface area is 118 Å². The molecule has 1 saturated heterocycles. The van der Waals surface area contributed by atoms with Gasteiger partial charge in [-0.3, -0.25) is 19.1 Å². The van der Waals surface area contributed by atoms with E-state index in [1.54, 1.807) is 18.0 Å². The van der Waals surface area contributed by atoms with Crippen molar-refractivity contribution in [3.05, 3.63) is 33.9 Å². The zero-order valence-corrected chi connectivity index (χ0v) is 11.8. The van der Waals surface area contributed by atoms with Crippen molar-refractivity contribution < 1.29 is 13.9 Å². The number of amides is 1. The predicted molar refractivity (Wildman–Crippen MR) is 76.4 cm³/mol. The molecule has 0 radical (unpaired) electrons. The first-order chi connectivity index (χ1) is 9.54. The van der Waals surface area contributed by atoms with Crippen LogP contribution in [-0.4, -0.2) is 51.6 Å². The Morgan fingerprint density at radius 3 is 2.60 bits per heavy atom. The highest BCUT2D eigenvalue weighted by Gasteiger charge is 2.26. The maximum Gasteiger partial charge on any atom is 0.293 e. The zero-order chi connectivity index (χ0) is 14.7. The van der Waals surface area contributed by atoms with Gasteiger partial charge in [-0.25, -0.2) is 0 Å². The molecule has 108 valence electrons. The second-order valence-electron chi connectivity index (χ2n) is 4.35. The lowest BCUT2D eigenvalue weighted by Gasteiger charge is -2.27. The number of rotatable bonds is 3. The molecule has 1 amide bonds. The number of para-hydroxylation sites is 1. The van der Waals surface area contributed by atoms with Gasteiger partial charge in [0, 0.05) is 48.5 Å². The Hall–Kier alpha value is -1.96. The van der Waals surface area contributed by atoms with E-state index in [2.05, 4.69) is 5.32 Å². The summed E-state index contributed by atoms with van der Waals surface area (Å²) in [5, 5.41) is 13.7. The van der Waals surface area contributed by atoms with Crippen LogP contribution in [0, 0.1) is 10.1 Å². The average molecular weight is 297 g/mol. The first-order valence-electron chi connectivity index (χ1n) is 6.14. The number of carbonyl (C=O) groups is 1. The van der Waals surface area contributed by atoms with Gasteiger partial charge in [0.05, 0.1) is 10.5 Å². The van der Waals surface area contributed by atoms with Crippen LogP contribution in [0.15, 0.2) is 18.2 Å². The van der Waals surface area contributed by atoms with Crippen molar-refractivity contribution in [1.29, 1.82) is 0 Å². The van der Waals surface area contributed by atoms with Crippen LogP contribution in [0.1, 0.15) is 10.4 Å². The average Bonchev–Trinajstić information content (AvgIpc) is 2.46. The summed E-state index contributed by atoms with van der Waals surface area (Å²) in [6.07, 6.45) is 0. The van der Waals surface area contributed by atoms with E-state index in [-0.39, 0.29) is 22.8 Å². The molecule has 1 N–H and O–H groups in total. The third-order valence-corrected chi connectivity index (χ3v) is 4.46. The highest BCUT2D eigenvalue weighted by Crippen LogP contribution is 2.28. The minimum absolute atomic E-state index is 0.126. The number of hydrogen-bond donors (Lipinski definition) is 1. The van der Waals surface area contributed by atoms with E-state index in [1.165, 1.54) is 12.1 Å². The number of hydrogen-bond acceptors (Lipinski definition) is 5. The Morgan fingerprint density at radius 2 is 2.05 bits per heavy atom. The number of nitro groups is 1. The summed E-state index contributed by atoms with van der Waals surface area (Å²) in [6, 6.07) is 4.41. The number of carbonyl (C=O) groups excluding carboxylic acids is 1. The van der Waals surface area contributed by atoms with Gasteiger partial charge in [-0.1, -0.05) is 6.07 Å². The molecule has 20 heavy (non-hydrogen) atoms. The van der Waals surface area contributed by atoms with Crippen molar-refractivity contribution in [2.24, 2.45) is 0 Å². The normalized spacial score (nSPS) is 15.9. The van der Waals surface area contributed by atoms with Crippen molar-refractivity contribution in [3.63, 3.8) is 0 Å². The molecule has 0 saturated carbocycles. The van der Waals surface area contributed by atoms with Crippen LogP contribution < -0.4 is 5.32 Å². The topological polar surface area (TPSA) is 92.6 Å². The predicted octanol–water partition coefficient (Wildman–Crippen LogP) is 0.841. The molecule has 0 unspecified atom stereocenters. The maximum absolute atomic E-state index is 12.4. The van der Waals surface area contributed by atoms with Crippen LogP contribution in [0.2, 0.25) is 0 Å². The van der Waals surface area contributed by atoms with Crippen LogP contribution in [-0.2, 0) is 10.8 Å². The van der Waals surface area contributed by atoms with E-state index in [4.69, 9.17) is 0 Å². The molecule has 1 aliphatic heterocycles. The Bertz CT molecular complexity index is 566. The largest absolute Gasteiger partial charge is 0.382 e. The highest BCUT2D eigenvalue weighted by atomic mass is 32.2. The molecule has 0 aliphatic carbocycles. The summed E-state index contributed by atoms with van der Waals surface area (Å²) in [6.45, 7) is 0.828. The van der Waals surface area contributed by atoms with Crippen molar-refractivity contribution >= 4 is 28.1 Å². The number of nitrogens with one attached hydrogen (secondary N) is 1. The molecule has 1 aromatic rings. The molecule has 2 rings (SSSR count). The summed E-state index contributed by atoms with van der Waals surface area (Å²) < 4.78 is 11.3. The molecule has 0 aromatic heterocycles. The summed E-state index contributed by atoms with van der Waals surface area (Å²) in [4.78, 5) is 24.5. The molecular weight excluding hydrogens is 282 g/mol. The van der Waals surface area contributed by atoms with Crippen molar-refractivity contribution in [3.8, 4) is 0 Å². The molecule has 7 nitrogen and oxygen atoms in total. The van der Waals surface area contributed by atoms with Crippen LogP contribution in [0.3, 0.4) is 0 Å². The summed E-state index contributed by atoms with van der Waals surface area (Å²) in [5.41, 5.74) is 0.363. The van der Waals surface area contributed by atoms with Crippen LogP contribution in [0.4, 0.5) is 11.4 Å². The number of anilines is 1. The van der Waals surface area contributed by atoms with Crippen molar-refractivity contribution in [1.82, 2.24) is 4.90 Å². The fourth-order valence-electron chi connectivity index (χ4n) is 2.14. The monoisotopic (exact) mass is 297 g/mol. The third-order valence-electron chi connectivity index (χ3n) is 3.18. The van der Waals surface area contributed by atoms with E-state index < -0.39 is 15.7 Å². The fraction of sp³-hybridized carbons (Fsp3) is 0.417. The first-order valence-corrected chi connectivity index (χ1v) is 7.63. The van der Waals surface area contributed by atoms with Crippen LogP contribution in [0.5, 0.6) is 0 Å². The first kappa shape index (κ1) is 14.4. The van der Waals surface area contributed by atoms with Gasteiger partial charge in [-0.2, -0.15) is 0 Å². The van der Waals surface area contributed by atoms with E-state index in [9.17, 15) is 19.1 Å². The maximum atomic E-state index is 12.4. The Kier molecular flexibility index (Phi) is 4.33. The Balaban J connectivity index is 2.32. The smallest absolute Gasteiger partial charge is 0.293 e.